The molecule has 1 aliphatic rings. The highest BCUT2D eigenvalue weighted by Crippen LogP contribution is 2.40. The summed E-state index contributed by atoms with van der Waals surface area (Å²) in [5.41, 5.74) is 1.37. The molecule has 1 saturated carbocycles. The quantitative estimate of drug-likeness (QED) is 0.487. The van der Waals surface area contributed by atoms with E-state index in [0.29, 0.717) is 0 Å². The first kappa shape index (κ1) is 7.84. The monoisotopic (exact) mass is 137 g/mol. The van der Waals surface area contributed by atoms with Crippen molar-refractivity contribution in [2.24, 2.45) is 11.8 Å². The Morgan fingerprint density at radius 3 is 2.40 bits per heavy atom. The van der Waals surface area contributed by atoms with Crippen molar-refractivity contribution in [1.82, 2.24) is 0 Å². The summed E-state index contributed by atoms with van der Waals surface area (Å²) in [6, 6.07) is 0. The summed E-state index contributed by atoms with van der Waals surface area (Å²) in [6.45, 7) is 10.8. The lowest BCUT2D eigenvalue weighted by atomic mass is 9.88. The second-order valence-electron chi connectivity index (χ2n) is 3.63. The molecular weight excluding hydrogens is 120 g/mol. The average molecular weight is 137 g/mol. The largest absolute Gasteiger partial charge is 0.0999 e. The van der Waals surface area contributed by atoms with Crippen molar-refractivity contribution in [1.29, 1.82) is 0 Å². The molecular formula is C10H17. The van der Waals surface area contributed by atoms with Crippen molar-refractivity contribution in [2.75, 3.05) is 0 Å². The highest BCUT2D eigenvalue weighted by atomic mass is 14.3. The Bertz CT molecular complexity index is 135. The average Bonchev–Trinajstić information content (AvgIpc) is 2.14. The smallest absolute Gasteiger partial charge is 0.0177 e. The Labute approximate surface area is 64.3 Å². The lowest BCUT2D eigenvalue weighted by molar-refractivity contribution is 0.499. The molecule has 0 aliphatic heterocycles. The maximum atomic E-state index is 4.01. The molecule has 2 atom stereocenters. The van der Waals surface area contributed by atoms with Crippen LogP contribution in [0, 0.1) is 17.8 Å². The first-order valence-electron chi connectivity index (χ1n) is 4.10. The molecule has 0 spiro atoms. The van der Waals surface area contributed by atoms with E-state index in [1.807, 2.05) is 0 Å². The molecule has 0 N–H and O–H groups in total. The molecule has 0 amide bonds. The van der Waals surface area contributed by atoms with Crippen molar-refractivity contribution >= 4 is 0 Å². The van der Waals surface area contributed by atoms with Crippen molar-refractivity contribution in [3.63, 3.8) is 0 Å². The minimum absolute atomic E-state index is 0.778. The molecule has 0 aromatic rings. The van der Waals surface area contributed by atoms with E-state index in [1.54, 1.807) is 5.92 Å². The van der Waals surface area contributed by atoms with Gasteiger partial charge in [-0.25, -0.2) is 0 Å². The van der Waals surface area contributed by atoms with Crippen molar-refractivity contribution in [2.45, 2.75) is 33.6 Å². The van der Waals surface area contributed by atoms with E-state index >= 15 is 0 Å². The molecule has 1 radical (unpaired) electrons. The van der Waals surface area contributed by atoms with Crippen molar-refractivity contribution in [3.8, 4) is 0 Å². The van der Waals surface area contributed by atoms with Crippen LogP contribution in [0.15, 0.2) is 12.2 Å². The molecule has 0 nitrogen and oxygen atoms in total. The van der Waals surface area contributed by atoms with Crippen LogP contribution in [0.4, 0.5) is 0 Å². The van der Waals surface area contributed by atoms with Crippen molar-refractivity contribution < 1.29 is 0 Å². The van der Waals surface area contributed by atoms with E-state index in [9.17, 15) is 0 Å². The molecule has 1 aliphatic carbocycles. The molecule has 1 rings (SSSR count). The van der Waals surface area contributed by atoms with Gasteiger partial charge in [0.2, 0.25) is 0 Å². The van der Waals surface area contributed by atoms with Crippen LogP contribution in [0.5, 0.6) is 0 Å². The summed E-state index contributed by atoms with van der Waals surface area (Å²) in [4.78, 5) is 0. The lowest BCUT2D eigenvalue weighted by Crippen LogP contribution is -2.07. The van der Waals surface area contributed by atoms with E-state index in [-0.39, 0.29) is 0 Å². The predicted octanol–water partition coefficient (Wildman–Crippen LogP) is 3.20. The van der Waals surface area contributed by atoms with E-state index in [4.69, 9.17) is 0 Å². The van der Waals surface area contributed by atoms with Gasteiger partial charge in [0.25, 0.3) is 0 Å². The second-order valence-corrected chi connectivity index (χ2v) is 3.63. The molecule has 57 valence electrons. The van der Waals surface area contributed by atoms with Crippen LogP contribution < -0.4 is 0 Å². The van der Waals surface area contributed by atoms with Gasteiger partial charge in [0.15, 0.2) is 0 Å². The lowest BCUT2D eigenvalue weighted by Gasteiger charge is -2.17. The zero-order chi connectivity index (χ0) is 7.72. The summed E-state index contributed by atoms with van der Waals surface area (Å²) in [7, 11) is 0. The maximum absolute atomic E-state index is 4.01. The van der Waals surface area contributed by atoms with E-state index in [1.165, 1.54) is 18.4 Å². The SMILES string of the molecule is C=C(C)C1CC[C](C)C1C. The molecule has 0 bridgehead atoms. The Hall–Kier alpha value is -0.260. The van der Waals surface area contributed by atoms with E-state index in [0.717, 1.165) is 11.8 Å². The Balaban J connectivity index is 2.57. The van der Waals surface area contributed by atoms with E-state index < -0.39 is 0 Å². The number of rotatable bonds is 1. The third-order valence-corrected chi connectivity index (χ3v) is 2.86. The summed E-state index contributed by atoms with van der Waals surface area (Å²) in [5.74, 6) is 3.23. The Morgan fingerprint density at radius 1 is 1.60 bits per heavy atom. The number of hydrogen-bond acceptors (Lipinski definition) is 0. The number of hydrogen-bond donors (Lipinski definition) is 0. The molecule has 1 fully saturated rings. The fourth-order valence-electron chi connectivity index (χ4n) is 1.88. The van der Waals surface area contributed by atoms with Crippen LogP contribution in [0.2, 0.25) is 0 Å². The first-order chi connectivity index (χ1) is 4.63. The minimum Gasteiger partial charge on any atom is -0.0999 e. The third-order valence-electron chi connectivity index (χ3n) is 2.86. The first-order valence-corrected chi connectivity index (χ1v) is 4.10. The molecule has 0 heteroatoms. The summed E-state index contributed by atoms with van der Waals surface area (Å²) >= 11 is 0. The van der Waals surface area contributed by atoms with Crippen LogP contribution in [-0.2, 0) is 0 Å². The Kier molecular flexibility index (Phi) is 2.18. The van der Waals surface area contributed by atoms with Gasteiger partial charge >= 0.3 is 0 Å². The molecule has 0 aromatic heterocycles. The summed E-state index contributed by atoms with van der Waals surface area (Å²) < 4.78 is 0. The van der Waals surface area contributed by atoms with Gasteiger partial charge in [0.1, 0.15) is 0 Å². The van der Waals surface area contributed by atoms with Gasteiger partial charge in [0.05, 0.1) is 0 Å². The van der Waals surface area contributed by atoms with Crippen molar-refractivity contribution in [3.05, 3.63) is 18.1 Å². The topological polar surface area (TPSA) is 0 Å². The zero-order valence-corrected chi connectivity index (χ0v) is 7.28. The summed E-state index contributed by atoms with van der Waals surface area (Å²) in [6.07, 6.45) is 2.65. The van der Waals surface area contributed by atoms with Crippen LogP contribution in [0.3, 0.4) is 0 Å². The summed E-state index contributed by atoms with van der Waals surface area (Å²) in [5, 5.41) is 0. The molecule has 0 aromatic carbocycles. The van der Waals surface area contributed by atoms with Crippen LogP contribution in [0.25, 0.3) is 0 Å². The second kappa shape index (κ2) is 2.77. The van der Waals surface area contributed by atoms with Gasteiger partial charge in [-0.15, -0.1) is 0 Å². The van der Waals surface area contributed by atoms with Gasteiger partial charge in [-0.1, -0.05) is 26.0 Å². The van der Waals surface area contributed by atoms with Crippen LogP contribution in [-0.4, -0.2) is 0 Å². The highest BCUT2D eigenvalue weighted by molar-refractivity contribution is 5.10. The predicted molar refractivity (Wildman–Crippen MR) is 45.6 cm³/mol. The molecule has 2 unspecified atom stereocenters. The fourth-order valence-corrected chi connectivity index (χ4v) is 1.88. The Morgan fingerprint density at radius 2 is 2.20 bits per heavy atom. The van der Waals surface area contributed by atoms with Gasteiger partial charge in [-0.3, -0.25) is 0 Å². The normalized spacial score (nSPS) is 34.7. The van der Waals surface area contributed by atoms with Gasteiger partial charge in [0, 0.05) is 0 Å². The standard InChI is InChI=1S/C10H17/c1-7(2)10-6-5-8(3)9(10)4/h9-10H,1,5-6H2,2-4H3. The van der Waals surface area contributed by atoms with Gasteiger partial charge in [-0.05, 0) is 37.5 Å². The van der Waals surface area contributed by atoms with Gasteiger partial charge in [-0.2, -0.15) is 0 Å². The third kappa shape index (κ3) is 1.25. The fraction of sp³-hybridized carbons (Fsp3) is 0.700. The minimum atomic E-state index is 0.778. The van der Waals surface area contributed by atoms with Crippen LogP contribution >= 0.6 is 0 Å². The highest BCUT2D eigenvalue weighted by Gasteiger charge is 2.29. The van der Waals surface area contributed by atoms with Gasteiger partial charge < -0.3 is 0 Å². The zero-order valence-electron chi connectivity index (χ0n) is 7.28. The number of allylic oxidation sites excluding steroid dienone is 1. The maximum Gasteiger partial charge on any atom is -0.0177 e. The van der Waals surface area contributed by atoms with E-state index in [2.05, 4.69) is 27.4 Å². The molecule has 0 heterocycles. The molecule has 10 heavy (non-hydrogen) atoms. The van der Waals surface area contributed by atoms with Crippen LogP contribution in [0.1, 0.15) is 33.6 Å². The molecule has 0 saturated heterocycles.